The highest BCUT2D eigenvalue weighted by Crippen LogP contribution is 2.19. The van der Waals surface area contributed by atoms with Crippen LogP contribution in [0, 0.1) is 0 Å². The second kappa shape index (κ2) is 7.35. The topological polar surface area (TPSA) is 75.4 Å². The van der Waals surface area contributed by atoms with E-state index in [1.54, 1.807) is 4.31 Å². The monoisotopic (exact) mass is 311 g/mol. The number of rotatable bonds is 6. The highest BCUT2D eigenvalue weighted by atomic mass is 32.2. The summed E-state index contributed by atoms with van der Waals surface area (Å²) in [5.41, 5.74) is 7.11. The van der Waals surface area contributed by atoms with Crippen LogP contribution in [0.1, 0.15) is 44.2 Å². The molecule has 0 aromatic heterocycles. The molecule has 0 saturated carbocycles. The predicted octanol–water partition coefficient (Wildman–Crippen LogP) is 1.79. The van der Waals surface area contributed by atoms with Crippen molar-refractivity contribution < 1.29 is 8.42 Å². The van der Waals surface area contributed by atoms with Gasteiger partial charge in [0.15, 0.2) is 0 Å². The molecule has 6 heteroatoms. The van der Waals surface area contributed by atoms with Crippen LogP contribution in [0.2, 0.25) is 0 Å². The van der Waals surface area contributed by atoms with E-state index in [1.165, 1.54) is 0 Å². The molecule has 1 aromatic rings. The molecular formula is C15H25N3O2S. The van der Waals surface area contributed by atoms with Crippen molar-refractivity contribution in [3.05, 3.63) is 35.9 Å². The van der Waals surface area contributed by atoms with Crippen LogP contribution in [-0.2, 0) is 10.2 Å². The summed E-state index contributed by atoms with van der Waals surface area (Å²) >= 11 is 0. The molecule has 0 spiro atoms. The van der Waals surface area contributed by atoms with Crippen LogP contribution < -0.4 is 10.5 Å². The fourth-order valence-corrected chi connectivity index (χ4v) is 4.21. The number of benzene rings is 1. The van der Waals surface area contributed by atoms with Gasteiger partial charge in [0.25, 0.3) is 10.2 Å². The van der Waals surface area contributed by atoms with Crippen LogP contribution >= 0.6 is 0 Å². The second-order valence-corrected chi connectivity index (χ2v) is 7.37. The maximum Gasteiger partial charge on any atom is 0.279 e. The minimum Gasteiger partial charge on any atom is -0.324 e. The number of hydrogen-bond donors (Lipinski definition) is 2. The molecule has 3 N–H and O–H groups in total. The molecule has 0 aliphatic carbocycles. The van der Waals surface area contributed by atoms with Crippen molar-refractivity contribution in [1.82, 2.24) is 9.03 Å². The van der Waals surface area contributed by atoms with E-state index in [0.29, 0.717) is 19.5 Å². The molecule has 0 amide bonds. The first-order valence-corrected chi connectivity index (χ1v) is 9.01. The summed E-state index contributed by atoms with van der Waals surface area (Å²) in [7, 11) is -3.38. The van der Waals surface area contributed by atoms with Crippen molar-refractivity contribution in [2.75, 3.05) is 13.1 Å². The highest BCUT2D eigenvalue weighted by Gasteiger charge is 2.28. The Morgan fingerprint density at radius 1 is 1.33 bits per heavy atom. The van der Waals surface area contributed by atoms with Crippen LogP contribution in [0.4, 0.5) is 0 Å². The number of nitrogens with zero attached hydrogens (tertiary/aromatic N) is 1. The van der Waals surface area contributed by atoms with Gasteiger partial charge in [-0.15, -0.1) is 0 Å². The summed E-state index contributed by atoms with van der Waals surface area (Å²) in [6.07, 6.45) is 3.57. The van der Waals surface area contributed by atoms with Gasteiger partial charge in [-0.1, -0.05) is 36.8 Å². The maximum absolute atomic E-state index is 12.3. The SMILES string of the molecule is CC1CCCCN1S(=O)(=O)NCCC(N)c1ccccc1. The normalized spacial score (nSPS) is 22.1. The molecule has 21 heavy (non-hydrogen) atoms. The maximum atomic E-state index is 12.3. The van der Waals surface area contributed by atoms with E-state index < -0.39 is 10.2 Å². The molecule has 0 bridgehead atoms. The Hall–Kier alpha value is -0.950. The minimum atomic E-state index is -3.38. The Morgan fingerprint density at radius 2 is 2.05 bits per heavy atom. The number of piperidine rings is 1. The van der Waals surface area contributed by atoms with E-state index in [9.17, 15) is 8.42 Å². The highest BCUT2D eigenvalue weighted by molar-refractivity contribution is 7.87. The van der Waals surface area contributed by atoms with Gasteiger partial charge in [0, 0.05) is 25.2 Å². The Kier molecular flexibility index (Phi) is 5.75. The molecule has 1 heterocycles. The molecule has 2 rings (SSSR count). The van der Waals surface area contributed by atoms with Crippen LogP contribution in [-0.4, -0.2) is 31.9 Å². The van der Waals surface area contributed by atoms with E-state index in [1.807, 2.05) is 37.3 Å². The first kappa shape index (κ1) is 16.4. The molecule has 1 fully saturated rings. The Balaban J connectivity index is 1.84. The second-order valence-electron chi connectivity index (χ2n) is 5.66. The van der Waals surface area contributed by atoms with E-state index in [4.69, 9.17) is 5.73 Å². The standard InChI is InChI=1S/C15H25N3O2S/c1-13-7-5-6-12-18(13)21(19,20)17-11-10-15(16)14-8-3-2-4-9-14/h2-4,8-9,13,15,17H,5-7,10-12,16H2,1H3. The van der Waals surface area contributed by atoms with Crippen LogP contribution in [0.5, 0.6) is 0 Å². The lowest BCUT2D eigenvalue weighted by molar-refractivity contribution is 0.265. The lowest BCUT2D eigenvalue weighted by Crippen LogP contribution is -2.48. The first-order valence-electron chi connectivity index (χ1n) is 7.57. The molecule has 118 valence electrons. The lowest BCUT2D eigenvalue weighted by atomic mass is 10.1. The van der Waals surface area contributed by atoms with Gasteiger partial charge in [-0.2, -0.15) is 12.7 Å². The van der Waals surface area contributed by atoms with Gasteiger partial charge in [0.05, 0.1) is 0 Å². The zero-order valence-corrected chi connectivity index (χ0v) is 13.3. The molecule has 1 aliphatic rings. The molecule has 2 atom stereocenters. The third kappa shape index (κ3) is 4.51. The first-order chi connectivity index (χ1) is 10.0. The molecule has 1 aliphatic heterocycles. The molecule has 0 radical (unpaired) electrons. The molecule has 2 unspecified atom stereocenters. The number of nitrogens with one attached hydrogen (secondary N) is 1. The van der Waals surface area contributed by atoms with E-state index in [-0.39, 0.29) is 12.1 Å². The van der Waals surface area contributed by atoms with Gasteiger partial charge in [-0.25, -0.2) is 4.72 Å². The van der Waals surface area contributed by atoms with Gasteiger partial charge >= 0.3 is 0 Å². The quantitative estimate of drug-likeness (QED) is 0.841. The van der Waals surface area contributed by atoms with Gasteiger partial charge in [0.2, 0.25) is 0 Å². The summed E-state index contributed by atoms with van der Waals surface area (Å²) in [4.78, 5) is 0. The van der Waals surface area contributed by atoms with Crippen LogP contribution in [0.25, 0.3) is 0 Å². The summed E-state index contributed by atoms with van der Waals surface area (Å²) < 4.78 is 28.8. The van der Waals surface area contributed by atoms with Crippen molar-refractivity contribution in [2.24, 2.45) is 5.73 Å². The Morgan fingerprint density at radius 3 is 2.71 bits per heavy atom. The summed E-state index contributed by atoms with van der Waals surface area (Å²) in [6.45, 7) is 2.94. The zero-order chi connectivity index (χ0) is 15.3. The van der Waals surface area contributed by atoms with Gasteiger partial charge in [-0.05, 0) is 31.7 Å². The van der Waals surface area contributed by atoms with Crippen molar-refractivity contribution >= 4 is 10.2 Å². The van der Waals surface area contributed by atoms with E-state index >= 15 is 0 Å². The molecule has 1 saturated heterocycles. The minimum absolute atomic E-state index is 0.0825. The van der Waals surface area contributed by atoms with E-state index in [0.717, 1.165) is 24.8 Å². The average Bonchev–Trinajstić information content (AvgIpc) is 2.48. The zero-order valence-electron chi connectivity index (χ0n) is 12.5. The Labute approximate surface area is 127 Å². The predicted molar refractivity (Wildman–Crippen MR) is 84.9 cm³/mol. The summed E-state index contributed by atoms with van der Waals surface area (Å²) in [5.74, 6) is 0. The fourth-order valence-electron chi connectivity index (χ4n) is 2.72. The molecule has 1 aromatic carbocycles. The van der Waals surface area contributed by atoms with E-state index in [2.05, 4.69) is 4.72 Å². The Bertz CT molecular complexity index is 533. The van der Waals surface area contributed by atoms with Gasteiger partial charge in [-0.3, -0.25) is 0 Å². The smallest absolute Gasteiger partial charge is 0.279 e. The molecular weight excluding hydrogens is 286 g/mol. The summed E-state index contributed by atoms with van der Waals surface area (Å²) in [5, 5.41) is 0. The largest absolute Gasteiger partial charge is 0.324 e. The third-order valence-electron chi connectivity index (χ3n) is 4.02. The third-order valence-corrected chi connectivity index (χ3v) is 5.75. The van der Waals surface area contributed by atoms with Gasteiger partial charge < -0.3 is 5.73 Å². The summed E-state index contributed by atoms with van der Waals surface area (Å²) in [6, 6.07) is 9.68. The van der Waals surface area contributed by atoms with Crippen molar-refractivity contribution in [3.8, 4) is 0 Å². The van der Waals surface area contributed by atoms with Crippen LogP contribution in [0.15, 0.2) is 30.3 Å². The van der Waals surface area contributed by atoms with Crippen molar-refractivity contribution in [3.63, 3.8) is 0 Å². The van der Waals surface area contributed by atoms with Crippen LogP contribution in [0.3, 0.4) is 0 Å². The fraction of sp³-hybridized carbons (Fsp3) is 0.600. The number of nitrogens with two attached hydrogens (primary N) is 1. The van der Waals surface area contributed by atoms with Crippen molar-refractivity contribution in [2.45, 2.75) is 44.7 Å². The lowest BCUT2D eigenvalue weighted by Gasteiger charge is -2.32. The molecule has 5 nitrogen and oxygen atoms in total. The van der Waals surface area contributed by atoms with Crippen molar-refractivity contribution in [1.29, 1.82) is 0 Å². The van der Waals surface area contributed by atoms with Gasteiger partial charge in [0.1, 0.15) is 0 Å². The average molecular weight is 311 g/mol. The number of hydrogen-bond acceptors (Lipinski definition) is 3.